The van der Waals surface area contributed by atoms with Crippen LogP contribution < -0.4 is 15.8 Å². The first-order valence-corrected chi connectivity index (χ1v) is 9.94. The van der Waals surface area contributed by atoms with Gasteiger partial charge in [-0.05, 0) is 66.7 Å². The number of nitrogens with one attached hydrogen (secondary N) is 2. The van der Waals surface area contributed by atoms with Crippen molar-refractivity contribution in [1.29, 1.82) is 0 Å². The van der Waals surface area contributed by atoms with Crippen molar-refractivity contribution in [2.75, 3.05) is 19.0 Å². The number of amides is 2. The van der Waals surface area contributed by atoms with E-state index in [9.17, 15) is 14.4 Å². The predicted octanol–water partition coefficient (Wildman–Crippen LogP) is 3.13. The third-order valence-corrected chi connectivity index (χ3v) is 4.87. The number of nitrogens with two attached hydrogens (primary N) is 1. The fourth-order valence-electron chi connectivity index (χ4n) is 3.15. The number of rotatable bonds is 7. The Labute approximate surface area is 188 Å². The normalized spacial score (nSPS) is 10.6. The Balaban J connectivity index is 1.39. The van der Waals surface area contributed by atoms with Crippen LogP contribution in [0.15, 0.2) is 66.7 Å². The second-order valence-electron chi connectivity index (χ2n) is 7.11. The number of nitrogens with zero attached hydrogens (tertiary/aromatic N) is 1. The van der Waals surface area contributed by atoms with Gasteiger partial charge >= 0.3 is 5.97 Å². The minimum Gasteiger partial charge on any atom is -0.497 e. The Bertz CT molecular complexity index is 1330. The molecule has 0 saturated carbocycles. The van der Waals surface area contributed by atoms with Crippen LogP contribution in [-0.4, -0.2) is 41.5 Å². The van der Waals surface area contributed by atoms with Gasteiger partial charge in [-0.3, -0.25) is 9.59 Å². The van der Waals surface area contributed by atoms with Crippen LogP contribution in [0.1, 0.15) is 20.7 Å². The van der Waals surface area contributed by atoms with Gasteiger partial charge in [-0.2, -0.15) is 0 Å². The molecular formula is C24H20N4O5. The zero-order valence-corrected chi connectivity index (χ0v) is 17.6. The number of ether oxygens (including phenoxy) is 2. The Hall–Kier alpha value is -4.66. The van der Waals surface area contributed by atoms with E-state index in [-0.39, 0.29) is 5.56 Å². The van der Waals surface area contributed by atoms with Gasteiger partial charge in [0.2, 0.25) is 5.91 Å². The molecule has 0 aliphatic heterocycles. The lowest BCUT2D eigenvalue weighted by molar-refractivity contribution is -0.119. The summed E-state index contributed by atoms with van der Waals surface area (Å²) < 4.78 is 10.3. The molecule has 3 aromatic carbocycles. The molecule has 0 radical (unpaired) electrons. The average Bonchev–Trinajstić information content (AvgIpc) is 3.26. The third-order valence-electron chi connectivity index (χ3n) is 4.87. The molecular weight excluding hydrogens is 424 g/mol. The summed E-state index contributed by atoms with van der Waals surface area (Å²) in [4.78, 5) is 43.3. The molecule has 33 heavy (non-hydrogen) atoms. The summed E-state index contributed by atoms with van der Waals surface area (Å²) in [6.07, 6.45) is 0. The van der Waals surface area contributed by atoms with Crippen molar-refractivity contribution in [3.8, 4) is 17.1 Å². The zero-order chi connectivity index (χ0) is 23.4. The van der Waals surface area contributed by atoms with Gasteiger partial charge in [0.05, 0.1) is 23.7 Å². The monoisotopic (exact) mass is 444 g/mol. The van der Waals surface area contributed by atoms with Crippen LogP contribution in [0, 0.1) is 0 Å². The number of carbonyl (C=O) groups is 3. The molecule has 1 aromatic heterocycles. The molecule has 0 fully saturated rings. The van der Waals surface area contributed by atoms with E-state index in [4.69, 9.17) is 15.2 Å². The largest absolute Gasteiger partial charge is 0.497 e. The Morgan fingerprint density at radius 1 is 0.970 bits per heavy atom. The number of anilines is 1. The van der Waals surface area contributed by atoms with Gasteiger partial charge in [0, 0.05) is 16.8 Å². The first-order valence-electron chi connectivity index (χ1n) is 9.94. The molecule has 0 unspecified atom stereocenters. The van der Waals surface area contributed by atoms with E-state index in [1.54, 1.807) is 25.3 Å². The number of H-pyrrole nitrogens is 1. The van der Waals surface area contributed by atoms with Crippen LogP contribution in [0.25, 0.3) is 22.4 Å². The van der Waals surface area contributed by atoms with Gasteiger partial charge in [0.15, 0.2) is 6.61 Å². The maximum absolute atomic E-state index is 12.4. The standard InChI is InChI=1S/C24H20N4O5/c1-32-18-9-4-15(5-10-18)23-27-19-11-6-16(12-20(19)28-23)24(31)33-13-21(29)26-17-7-2-14(3-8-17)22(25)30/h2-12H,13H2,1H3,(H2,25,30)(H,26,29)(H,27,28). The second kappa shape index (κ2) is 9.23. The van der Waals surface area contributed by atoms with Crippen molar-refractivity contribution in [3.63, 3.8) is 0 Å². The number of aromatic amines is 1. The Kier molecular flexibility index (Phi) is 6.03. The third kappa shape index (κ3) is 4.99. The molecule has 0 aliphatic rings. The van der Waals surface area contributed by atoms with E-state index < -0.39 is 24.4 Å². The number of imidazole rings is 1. The summed E-state index contributed by atoms with van der Waals surface area (Å²) in [5, 5.41) is 2.58. The summed E-state index contributed by atoms with van der Waals surface area (Å²) in [6.45, 7) is -0.464. The molecule has 9 heteroatoms. The molecule has 0 atom stereocenters. The van der Waals surface area contributed by atoms with Crippen molar-refractivity contribution in [3.05, 3.63) is 77.9 Å². The fourth-order valence-corrected chi connectivity index (χ4v) is 3.15. The van der Waals surface area contributed by atoms with Crippen molar-refractivity contribution in [1.82, 2.24) is 9.97 Å². The lowest BCUT2D eigenvalue weighted by atomic mass is 10.2. The number of primary amides is 1. The summed E-state index contributed by atoms with van der Waals surface area (Å²) in [7, 11) is 1.60. The second-order valence-corrected chi connectivity index (χ2v) is 7.11. The van der Waals surface area contributed by atoms with Crippen molar-refractivity contribution in [2.45, 2.75) is 0 Å². The Morgan fingerprint density at radius 3 is 2.33 bits per heavy atom. The lowest BCUT2D eigenvalue weighted by Gasteiger charge is -2.07. The van der Waals surface area contributed by atoms with Gasteiger partial charge in [-0.15, -0.1) is 0 Å². The fraction of sp³-hybridized carbons (Fsp3) is 0.0833. The quantitative estimate of drug-likeness (QED) is 0.375. The smallest absolute Gasteiger partial charge is 0.338 e. The molecule has 2 amide bonds. The highest BCUT2D eigenvalue weighted by molar-refractivity contribution is 5.98. The predicted molar refractivity (Wildman–Crippen MR) is 122 cm³/mol. The highest BCUT2D eigenvalue weighted by Gasteiger charge is 2.13. The molecule has 4 N–H and O–H groups in total. The summed E-state index contributed by atoms with van der Waals surface area (Å²) in [5.41, 5.74) is 8.46. The van der Waals surface area contributed by atoms with Crippen LogP contribution in [0.4, 0.5) is 5.69 Å². The van der Waals surface area contributed by atoms with Crippen molar-refractivity contribution in [2.24, 2.45) is 5.73 Å². The molecule has 4 aromatic rings. The van der Waals surface area contributed by atoms with Gasteiger partial charge < -0.3 is 25.5 Å². The highest BCUT2D eigenvalue weighted by atomic mass is 16.5. The first-order chi connectivity index (χ1) is 15.9. The van der Waals surface area contributed by atoms with Crippen molar-refractivity contribution < 1.29 is 23.9 Å². The number of carbonyl (C=O) groups excluding carboxylic acids is 3. The van der Waals surface area contributed by atoms with Crippen LogP contribution >= 0.6 is 0 Å². The number of fused-ring (bicyclic) bond motifs is 1. The molecule has 0 spiro atoms. The number of methoxy groups -OCH3 is 1. The molecule has 0 aliphatic carbocycles. The van der Waals surface area contributed by atoms with Gasteiger partial charge in [0.1, 0.15) is 11.6 Å². The number of hydrogen-bond acceptors (Lipinski definition) is 6. The summed E-state index contributed by atoms with van der Waals surface area (Å²) in [6, 6.07) is 18.4. The minimum atomic E-state index is -0.642. The molecule has 166 valence electrons. The summed E-state index contributed by atoms with van der Waals surface area (Å²) in [5.74, 6) is -0.324. The zero-order valence-electron chi connectivity index (χ0n) is 17.6. The maximum Gasteiger partial charge on any atom is 0.338 e. The molecule has 1 heterocycles. The SMILES string of the molecule is COc1ccc(-c2nc3ccc(C(=O)OCC(=O)Nc4ccc(C(N)=O)cc4)cc3[nH]2)cc1. The molecule has 4 rings (SSSR count). The van der Waals surface area contributed by atoms with E-state index in [0.717, 1.165) is 11.3 Å². The summed E-state index contributed by atoms with van der Waals surface area (Å²) >= 11 is 0. The van der Waals surface area contributed by atoms with Crippen molar-refractivity contribution >= 4 is 34.5 Å². The van der Waals surface area contributed by atoms with E-state index in [1.165, 1.54) is 24.3 Å². The first kappa shape index (κ1) is 21.6. The molecule has 0 saturated heterocycles. The van der Waals surface area contributed by atoms with E-state index >= 15 is 0 Å². The van der Waals surface area contributed by atoms with E-state index in [2.05, 4.69) is 15.3 Å². The van der Waals surface area contributed by atoms with Gasteiger partial charge in [-0.25, -0.2) is 9.78 Å². The highest BCUT2D eigenvalue weighted by Crippen LogP contribution is 2.23. The van der Waals surface area contributed by atoms with Crippen LogP contribution in [0.5, 0.6) is 5.75 Å². The number of aromatic nitrogens is 2. The van der Waals surface area contributed by atoms with Crippen LogP contribution in [0.2, 0.25) is 0 Å². The Morgan fingerprint density at radius 2 is 1.67 bits per heavy atom. The topological polar surface area (TPSA) is 136 Å². The van der Waals surface area contributed by atoms with E-state index in [1.807, 2.05) is 24.3 Å². The number of hydrogen-bond donors (Lipinski definition) is 3. The average molecular weight is 444 g/mol. The molecule has 0 bridgehead atoms. The van der Waals surface area contributed by atoms with Crippen LogP contribution in [-0.2, 0) is 9.53 Å². The minimum absolute atomic E-state index is 0.283. The molecule has 9 nitrogen and oxygen atoms in total. The van der Waals surface area contributed by atoms with Crippen LogP contribution in [0.3, 0.4) is 0 Å². The number of esters is 1. The number of benzene rings is 3. The van der Waals surface area contributed by atoms with Gasteiger partial charge in [0.25, 0.3) is 5.91 Å². The maximum atomic E-state index is 12.4. The van der Waals surface area contributed by atoms with E-state index in [0.29, 0.717) is 28.1 Å². The lowest BCUT2D eigenvalue weighted by Crippen LogP contribution is -2.21. The van der Waals surface area contributed by atoms with Gasteiger partial charge in [-0.1, -0.05) is 0 Å².